The smallest absolute Gasteiger partial charge is 0.407 e. The summed E-state index contributed by atoms with van der Waals surface area (Å²) in [6.07, 6.45) is -0.869. The van der Waals surface area contributed by atoms with Gasteiger partial charge in [0.25, 0.3) is 0 Å². The molecule has 0 spiro atoms. The maximum absolute atomic E-state index is 12.4. The van der Waals surface area contributed by atoms with Gasteiger partial charge in [0.15, 0.2) is 6.10 Å². The predicted molar refractivity (Wildman–Crippen MR) is 128 cm³/mol. The van der Waals surface area contributed by atoms with Crippen LogP contribution < -0.4 is 5.32 Å². The van der Waals surface area contributed by atoms with Gasteiger partial charge in [-0.2, -0.15) is 0 Å². The predicted octanol–water partition coefficient (Wildman–Crippen LogP) is 5.65. The number of hydrogen-bond donors (Lipinski definition) is 1. The third-order valence-corrected chi connectivity index (χ3v) is 5.48. The van der Waals surface area contributed by atoms with Gasteiger partial charge in [-0.05, 0) is 82.2 Å². The summed E-state index contributed by atoms with van der Waals surface area (Å²) in [7, 11) is 0. The lowest BCUT2D eigenvalue weighted by molar-refractivity contribution is -0.159. The average Bonchev–Trinajstić information content (AvgIpc) is 3.10. The molecule has 0 aliphatic heterocycles. The standard InChI is InChI=1S/C25H35NO5S/c1-8-29-23(27)21(30-16(2)3)13-18-9-10-20(22-11-17(4)15-32-22)19(12-18)14-26-24(28)31-25(5,6)7/h9-12,15-16,21H,8,13-14H2,1-7H3,(H,26,28). The summed E-state index contributed by atoms with van der Waals surface area (Å²) < 4.78 is 16.4. The van der Waals surface area contributed by atoms with Crippen molar-refractivity contribution in [1.29, 1.82) is 0 Å². The van der Waals surface area contributed by atoms with Gasteiger partial charge in [0.2, 0.25) is 0 Å². The highest BCUT2D eigenvalue weighted by molar-refractivity contribution is 7.13. The number of aryl methyl sites for hydroxylation is 1. The number of rotatable bonds is 9. The fraction of sp³-hybridized carbons (Fsp3) is 0.520. The van der Waals surface area contributed by atoms with Crippen molar-refractivity contribution < 1.29 is 23.8 Å². The molecule has 1 amide bonds. The lowest BCUT2D eigenvalue weighted by Gasteiger charge is -2.21. The van der Waals surface area contributed by atoms with E-state index in [9.17, 15) is 9.59 Å². The third-order valence-electron chi connectivity index (χ3n) is 4.39. The van der Waals surface area contributed by atoms with E-state index in [4.69, 9.17) is 14.2 Å². The fourth-order valence-corrected chi connectivity index (χ4v) is 4.14. The second kappa shape index (κ2) is 11.5. The molecule has 2 aromatic rings. The first kappa shape index (κ1) is 25.9. The molecule has 0 saturated heterocycles. The minimum Gasteiger partial charge on any atom is -0.464 e. The monoisotopic (exact) mass is 461 g/mol. The van der Waals surface area contributed by atoms with Gasteiger partial charge in [0.1, 0.15) is 5.60 Å². The minimum atomic E-state index is -0.684. The van der Waals surface area contributed by atoms with Gasteiger partial charge in [-0.1, -0.05) is 18.2 Å². The zero-order valence-electron chi connectivity index (χ0n) is 20.1. The lowest BCUT2D eigenvalue weighted by atomic mass is 9.99. The first-order chi connectivity index (χ1) is 15.0. The molecule has 6 nitrogen and oxygen atoms in total. The number of alkyl carbamates (subject to hydrolysis) is 1. The molecule has 0 fully saturated rings. The van der Waals surface area contributed by atoms with E-state index in [0.717, 1.165) is 21.6 Å². The molecule has 2 rings (SSSR count). The van der Waals surface area contributed by atoms with Crippen LogP contribution in [0.3, 0.4) is 0 Å². The zero-order chi connectivity index (χ0) is 23.9. The number of amides is 1. The molecule has 1 heterocycles. The highest BCUT2D eigenvalue weighted by Gasteiger charge is 2.23. The summed E-state index contributed by atoms with van der Waals surface area (Å²) in [5, 5.41) is 4.95. The van der Waals surface area contributed by atoms with Crippen molar-refractivity contribution in [3.8, 4) is 10.4 Å². The van der Waals surface area contributed by atoms with Gasteiger partial charge in [-0.25, -0.2) is 9.59 Å². The molecule has 0 aliphatic rings. The molecular weight excluding hydrogens is 426 g/mol. The Hall–Kier alpha value is -2.38. The second-order valence-corrected chi connectivity index (χ2v) is 9.88. The fourth-order valence-electron chi connectivity index (χ4n) is 3.18. The summed E-state index contributed by atoms with van der Waals surface area (Å²) in [6.45, 7) is 13.7. The maximum atomic E-state index is 12.4. The average molecular weight is 462 g/mol. The lowest BCUT2D eigenvalue weighted by Crippen LogP contribution is -2.32. The van der Waals surface area contributed by atoms with E-state index in [-0.39, 0.29) is 12.1 Å². The molecule has 1 N–H and O–H groups in total. The van der Waals surface area contributed by atoms with E-state index < -0.39 is 17.8 Å². The Labute approximate surface area is 195 Å². The molecule has 1 aromatic heterocycles. The van der Waals surface area contributed by atoms with Crippen molar-refractivity contribution in [2.45, 2.75) is 79.2 Å². The van der Waals surface area contributed by atoms with Crippen LogP contribution in [0, 0.1) is 6.92 Å². The molecule has 1 aromatic carbocycles. The van der Waals surface area contributed by atoms with E-state index in [1.54, 1.807) is 18.3 Å². The molecular formula is C25H35NO5S. The second-order valence-electron chi connectivity index (χ2n) is 8.96. The molecule has 32 heavy (non-hydrogen) atoms. The van der Waals surface area contributed by atoms with Gasteiger partial charge in [-0.3, -0.25) is 0 Å². The van der Waals surface area contributed by atoms with Crippen molar-refractivity contribution >= 4 is 23.4 Å². The van der Waals surface area contributed by atoms with Gasteiger partial charge >= 0.3 is 12.1 Å². The number of benzene rings is 1. The van der Waals surface area contributed by atoms with E-state index >= 15 is 0 Å². The highest BCUT2D eigenvalue weighted by Crippen LogP contribution is 2.31. The first-order valence-electron chi connectivity index (χ1n) is 10.9. The summed E-state index contributed by atoms with van der Waals surface area (Å²) in [5.41, 5.74) is 3.54. The number of carbonyl (C=O) groups is 2. The topological polar surface area (TPSA) is 73.9 Å². The number of hydrogen-bond acceptors (Lipinski definition) is 6. The van der Waals surface area contributed by atoms with E-state index in [2.05, 4.69) is 23.7 Å². The quantitative estimate of drug-likeness (QED) is 0.489. The minimum absolute atomic E-state index is 0.105. The first-order valence-corrected chi connectivity index (χ1v) is 11.8. The number of thiophene rings is 1. The Balaban J connectivity index is 2.30. The van der Waals surface area contributed by atoms with Crippen molar-refractivity contribution in [2.75, 3.05) is 6.61 Å². The molecule has 1 atom stereocenters. The number of ether oxygens (including phenoxy) is 3. The van der Waals surface area contributed by atoms with Crippen molar-refractivity contribution in [3.05, 3.63) is 46.3 Å². The molecule has 0 radical (unpaired) electrons. The molecule has 0 saturated carbocycles. The van der Waals surface area contributed by atoms with Crippen LogP contribution in [0.25, 0.3) is 10.4 Å². The van der Waals surface area contributed by atoms with Crippen LogP contribution in [-0.2, 0) is 32.0 Å². The maximum Gasteiger partial charge on any atom is 0.407 e. The van der Waals surface area contributed by atoms with Crippen molar-refractivity contribution in [2.24, 2.45) is 0 Å². The highest BCUT2D eigenvalue weighted by atomic mass is 32.1. The van der Waals surface area contributed by atoms with Gasteiger partial charge < -0.3 is 19.5 Å². The molecule has 1 unspecified atom stereocenters. The molecule has 0 bridgehead atoms. The summed E-state index contributed by atoms with van der Waals surface area (Å²) >= 11 is 1.66. The summed E-state index contributed by atoms with van der Waals surface area (Å²) in [6, 6.07) is 8.17. The van der Waals surface area contributed by atoms with Crippen LogP contribution in [0.2, 0.25) is 0 Å². The Bertz CT molecular complexity index is 913. The summed E-state index contributed by atoms with van der Waals surface area (Å²) in [4.78, 5) is 25.7. The van der Waals surface area contributed by atoms with Crippen molar-refractivity contribution in [3.63, 3.8) is 0 Å². The Morgan fingerprint density at radius 2 is 1.88 bits per heavy atom. The van der Waals surface area contributed by atoms with Crippen LogP contribution in [0.4, 0.5) is 4.79 Å². The third kappa shape index (κ3) is 8.28. The van der Waals surface area contributed by atoms with Crippen LogP contribution in [0.5, 0.6) is 0 Å². The van der Waals surface area contributed by atoms with E-state index in [1.807, 2.05) is 52.8 Å². The SMILES string of the molecule is CCOC(=O)C(Cc1ccc(-c2cc(C)cs2)c(CNC(=O)OC(C)(C)C)c1)OC(C)C. The number of esters is 1. The van der Waals surface area contributed by atoms with Crippen molar-refractivity contribution in [1.82, 2.24) is 5.32 Å². The Morgan fingerprint density at radius 1 is 1.16 bits per heavy atom. The Morgan fingerprint density at radius 3 is 2.44 bits per heavy atom. The summed E-state index contributed by atoms with van der Waals surface area (Å²) in [5.74, 6) is -0.368. The molecule has 0 aliphatic carbocycles. The Kier molecular flexibility index (Phi) is 9.28. The zero-order valence-corrected chi connectivity index (χ0v) is 20.9. The number of carbonyl (C=O) groups excluding carboxylic acids is 2. The van der Waals surface area contributed by atoms with Crippen LogP contribution >= 0.6 is 11.3 Å². The van der Waals surface area contributed by atoms with Crippen LogP contribution in [-0.4, -0.2) is 36.5 Å². The molecule has 7 heteroatoms. The van der Waals surface area contributed by atoms with Crippen LogP contribution in [0.15, 0.2) is 29.6 Å². The van der Waals surface area contributed by atoms with Gasteiger partial charge in [-0.15, -0.1) is 11.3 Å². The van der Waals surface area contributed by atoms with Gasteiger partial charge in [0.05, 0.1) is 12.7 Å². The van der Waals surface area contributed by atoms with Gasteiger partial charge in [0, 0.05) is 17.8 Å². The normalized spacial score (nSPS) is 12.5. The number of nitrogens with one attached hydrogen (secondary N) is 1. The molecule has 176 valence electrons. The largest absolute Gasteiger partial charge is 0.464 e. The van der Waals surface area contributed by atoms with E-state index in [0.29, 0.717) is 19.6 Å². The van der Waals surface area contributed by atoms with E-state index in [1.165, 1.54) is 5.56 Å². The van der Waals surface area contributed by atoms with Crippen LogP contribution in [0.1, 0.15) is 58.2 Å².